The number of carboxylic acid groups (broad SMARTS) is 1. The Morgan fingerprint density at radius 1 is 1.02 bits per heavy atom. The van der Waals surface area contributed by atoms with Gasteiger partial charge in [0.15, 0.2) is 0 Å². The second-order valence-electron chi connectivity index (χ2n) is 12.9. The summed E-state index contributed by atoms with van der Waals surface area (Å²) in [7, 11) is 0. The molecule has 0 bridgehead atoms. The van der Waals surface area contributed by atoms with Crippen LogP contribution in [-0.2, 0) is 11.2 Å². The van der Waals surface area contributed by atoms with E-state index in [9.17, 15) is 14.3 Å². The zero-order valence-corrected chi connectivity index (χ0v) is 25.3. The maximum atomic E-state index is 14.7. The molecule has 6 nitrogen and oxygen atoms in total. The van der Waals surface area contributed by atoms with Crippen LogP contribution in [0.15, 0.2) is 54.7 Å². The van der Waals surface area contributed by atoms with Crippen LogP contribution in [-0.4, -0.2) is 44.3 Å². The Kier molecular flexibility index (Phi) is 8.59. The molecule has 2 N–H and O–H groups in total. The molecule has 0 amide bonds. The highest BCUT2D eigenvalue weighted by Gasteiger charge is 2.29. The molecule has 7 heteroatoms. The SMILES string of the molecule is CC(C)(C)O.Cc1ccc(-c2cccc(-c3cn4c(N5CCC(C)(C)CC5)c(CC(=O)O)c(C)cc4n3)c2)c(F)c1. The number of aliphatic hydroxyl groups is 1. The smallest absolute Gasteiger partial charge is 0.307 e. The van der Waals surface area contributed by atoms with Crippen LogP contribution in [0.2, 0.25) is 0 Å². The first kappa shape index (κ1) is 30.3. The molecule has 1 saturated heterocycles. The number of benzene rings is 2. The standard InChI is InChI=1S/C30H32FN3O2.C4H10O/c1-19-8-9-23(25(31)14-19)21-6-5-7-22(16-21)26-18-34-27(32-26)15-20(2)24(17-28(35)36)29(34)33-12-10-30(3,4)11-13-33;1-4(2,3)5/h5-9,14-16,18H,10-13,17H2,1-4H3,(H,35,36);5H,1-3H3. The van der Waals surface area contributed by atoms with Gasteiger partial charge in [-0.3, -0.25) is 9.20 Å². The van der Waals surface area contributed by atoms with E-state index in [1.54, 1.807) is 26.8 Å². The number of hydrogen-bond acceptors (Lipinski definition) is 4. The van der Waals surface area contributed by atoms with Gasteiger partial charge in [-0.25, -0.2) is 9.37 Å². The Hall–Kier alpha value is -3.71. The minimum atomic E-state index is -0.843. The molecule has 3 heterocycles. The van der Waals surface area contributed by atoms with Crippen LogP contribution in [0.3, 0.4) is 0 Å². The van der Waals surface area contributed by atoms with Crippen molar-refractivity contribution in [2.75, 3.05) is 18.0 Å². The number of aliphatic carboxylic acids is 1. The number of carboxylic acids is 1. The van der Waals surface area contributed by atoms with Gasteiger partial charge in [0, 0.05) is 36.0 Å². The Morgan fingerprint density at radius 3 is 2.27 bits per heavy atom. The summed E-state index contributed by atoms with van der Waals surface area (Å²) >= 11 is 0. The summed E-state index contributed by atoms with van der Waals surface area (Å²) in [6.07, 6.45) is 4.04. The minimum Gasteiger partial charge on any atom is -0.481 e. The Bertz CT molecular complexity index is 1550. The molecule has 1 aliphatic rings. The van der Waals surface area contributed by atoms with Gasteiger partial charge in [-0.05, 0) is 87.8 Å². The molecule has 2 aromatic heterocycles. The van der Waals surface area contributed by atoms with Crippen LogP contribution in [0.5, 0.6) is 0 Å². The van der Waals surface area contributed by atoms with Crippen LogP contribution in [0, 0.1) is 25.1 Å². The second-order valence-corrected chi connectivity index (χ2v) is 12.9. The molecule has 1 fully saturated rings. The van der Waals surface area contributed by atoms with Gasteiger partial charge in [-0.15, -0.1) is 0 Å². The molecule has 0 aliphatic carbocycles. The molecule has 0 atom stereocenters. The normalized spacial score (nSPS) is 15.0. The maximum absolute atomic E-state index is 14.7. The number of imidazole rings is 1. The lowest BCUT2D eigenvalue weighted by atomic mass is 9.82. The zero-order chi connectivity index (χ0) is 30.1. The molecule has 1 aliphatic heterocycles. The van der Waals surface area contributed by atoms with Gasteiger partial charge in [0.1, 0.15) is 17.3 Å². The highest BCUT2D eigenvalue weighted by molar-refractivity contribution is 5.77. The van der Waals surface area contributed by atoms with Gasteiger partial charge in [0.05, 0.1) is 17.7 Å². The molecule has 0 saturated carbocycles. The second kappa shape index (κ2) is 11.6. The number of carbonyl (C=O) groups is 1. The van der Waals surface area contributed by atoms with Crippen molar-refractivity contribution < 1.29 is 19.4 Å². The lowest BCUT2D eigenvalue weighted by Gasteiger charge is -2.39. The minimum absolute atomic E-state index is 0.0350. The van der Waals surface area contributed by atoms with Gasteiger partial charge >= 0.3 is 5.97 Å². The molecule has 2 aromatic carbocycles. The number of halogens is 1. The molecule has 4 aromatic rings. The largest absolute Gasteiger partial charge is 0.481 e. The summed E-state index contributed by atoms with van der Waals surface area (Å²) in [5.41, 5.74) is 6.21. The molecule has 218 valence electrons. The van der Waals surface area contributed by atoms with Crippen molar-refractivity contribution in [2.24, 2.45) is 5.41 Å². The van der Waals surface area contributed by atoms with Crippen LogP contribution in [0.4, 0.5) is 10.2 Å². The quantitative estimate of drug-likeness (QED) is 0.265. The van der Waals surface area contributed by atoms with Crippen LogP contribution < -0.4 is 4.90 Å². The van der Waals surface area contributed by atoms with E-state index in [0.29, 0.717) is 5.56 Å². The van der Waals surface area contributed by atoms with Gasteiger partial charge < -0.3 is 15.1 Å². The lowest BCUT2D eigenvalue weighted by Crippen LogP contribution is -2.39. The number of hydrogen-bond donors (Lipinski definition) is 2. The number of piperidine rings is 1. The van der Waals surface area contributed by atoms with Crippen molar-refractivity contribution in [3.05, 3.63) is 77.2 Å². The van der Waals surface area contributed by atoms with Crippen molar-refractivity contribution in [3.8, 4) is 22.4 Å². The van der Waals surface area contributed by atoms with Crippen molar-refractivity contribution in [3.63, 3.8) is 0 Å². The number of pyridine rings is 1. The van der Waals surface area contributed by atoms with Gasteiger partial charge in [-0.1, -0.05) is 44.2 Å². The number of fused-ring (bicyclic) bond motifs is 1. The van der Waals surface area contributed by atoms with Crippen LogP contribution in [0.25, 0.3) is 28.0 Å². The van der Waals surface area contributed by atoms with E-state index < -0.39 is 11.6 Å². The van der Waals surface area contributed by atoms with Crippen molar-refractivity contribution in [1.29, 1.82) is 0 Å². The third-order valence-corrected chi connectivity index (χ3v) is 7.39. The average molecular weight is 560 g/mol. The molecule has 0 unspecified atom stereocenters. The fourth-order valence-electron chi connectivity index (χ4n) is 5.14. The zero-order valence-electron chi connectivity index (χ0n) is 25.3. The van der Waals surface area contributed by atoms with Gasteiger partial charge in [0.2, 0.25) is 0 Å². The summed E-state index contributed by atoms with van der Waals surface area (Å²) in [5, 5.41) is 18.2. The van der Waals surface area contributed by atoms with E-state index in [2.05, 4.69) is 18.7 Å². The van der Waals surface area contributed by atoms with E-state index in [-0.39, 0.29) is 17.7 Å². The van der Waals surface area contributed by atoms with E-state index in [1.165, 1.54) is 0 Å². The predicted octanol–water partition coefficient (Wildman–Crippen LogP) is 7.45. The van der Waals surface area contributed by atoms with Crippen LogP contribution >= 0.6 is 0 Å². The number of rotatable bonds is 5. The summed E-state index contributed by atoms with van der Waals surface area (Å²) < 4.78 is 16.7. The first-order valence-corrected chi connectivity index (χ1v) is 14.2. The summed E-state index contributed by atoms with van der Waals surface area (Å²) in [6, 6.07) is 15.0. The highest BCUT2D eigenvalue weighted by atomic mass is 19.1. The first-order valence-electron chi connectivity index (χ1n) is 14.2. The molecule has 41 heavy (non-hydrogen) atoms. The fourth-order valence-corrected chi connectivity index (χ4v) is 5.14. The highest BCUT2D eigenvalue weighted by Crippen LogP contribution is 2.36. The van der Waals surface area contributed by atoms with E-state index in [1.807, 2.05) is 66.9 Å². The number of anilines is 1. The summed E-state index contributed by atoms with van der Waals surface area (Å²) in [5.74, 6) is -0.169. The lowest BCUT2D eigenvalue weighted by molar-refractivity contribution is -0.136. The van der Waals surface area contributed by atoms with Gasteiger partial charge in [-0.2, -0.15) is 0 Å². The number of aryl methyl sites for hydroxylation is 2. The van der Waals surface area contributed by atoms with E-state index >= 15 is 0 Å². The monoisotopic (exact) mass is 559 g/mol. The van der Waals surface area contributed by atoms with Crippen molar-refractivity contribution in [1.82, 2.24) is 9.38 Å². The topological polar surface area (TPSA) is 78.1 Å². The Morgan fingerprint density at radius 2 is 1.66 bits per heavy atom. The molecule has 0 radical (unpaired) electrons. The van der Waals surface area contributed by atoms with Crippen LogP contribution in [0.1, 0.15) is 64.2 Å². The molecule has 5 rings (SSSR count). The molecular formula is C34H42FN3O3. The average Bonchev–Trinajstić information content (AvgIpc) is 3.27. The van der Waals surface area contributed by atoms with Crippen molar-refractivity contribution >= 4 is 17.4 Å². The Balaban J connectivity index is 0.000000714. The Labute approximate surface area is 242 Å². The van der Waals surface area contributed by atoms with Crippen molar-refractivity contribution in [2.45, 2.75) is 73.3 Å². The number of aromatic nitrogens is 2. The number of nitrogens with zero attached hydrogens (tertiary/aromatic N) is 3. The fraction of sp³-hybridized carbons (Fsp3) is 0.412. The maximum Gasteiger partial charge on any atom is 0.307 e. The molecular weight excluding hydrogens is 517 g/mol. The summed E-state index contributed by atoms with van der Waals surface area (Å²) in [4.78, 5) is 19.0. The van der Waals surface area contributed by atoms with Gasteiger partial charge in [0.25, 0.3) is 0 Å². The first-order chi connectivity index (χ1) is 19.1. The molecule has 0 spiro atoms. The third-order valence-electron chi connectivity index (χ3n) is 7.39. The predicted molar refractivity (Wildman–Crippen MR) is 164 cm³/mol. The third kappa shape index (κ3) is 7.53. The van der Waals surface area contributed by atoms with E-state index in [0.717, 1.165) is 70.9 Å². The summed E-state index contributed by atoms with van der Waals surface area (Å²) in [6.45, 7) is 15.4. The van der Waals surface area contributed by atoms with E-state index in [4.69, 9.17) is 10.1 Å².